The smallest absolute Gasteiger partial charge is 0.341 e. The van der Waals surface area contributed by atoms with Crippen molar-refractivity contribution in [1.82, 2.24) is 9.55 Å². The molecule has 0 bridgehead atoms. The van der Waals surface area contributed by atoms with Gasteiger partial charge in [-0.15, -0.1) is 0 Å². The van der Waals surface area contributed by atoms with E-state index in [9.17, 15) is 4.79 Å². The van der Waals surface area contributed by atoms with Crippen molar-refractivity contribution < 1.29 is 9.53 Å². The van der Waals surface area contributed by atoms with Crippen LogP contribution in [0.3, 0.4) is 0 Å². The Hall–Kier alpha value is -3.51. The highest BCUT2D eigenvalue weighted by atomic mass is 32.1. The van der Waals surface area contributed by atoms with Crippen LogP contribution in [0.5, 0.6) is 0 Å². The van der Waals surface area contributed by atoms with Crippen LogP contribution in [0, 0.1) is 13.8 Å². The van der Waals surface area contributed by atoms with Gasteiger partial charge in [-0.3, -0.25) is 4.98 Å². The number of hydrogen-bond acceptors (Lipinski definition) is 4. The van der Waals surface area contributed by atoms with Gasteiger partial charge in [-0.05, 0) is 57.5 Å². The number of carbonyl (C=O) groups is 1. The van der Waals surface area contributed by atoms with E-state index in [0.717, 1.165) is 45.5 Å². The van der Waals surface area contributed by atoms with Gasteiger partial charge in [0.25, 0.3) is 0 Å². The molecule has 0 aliphatic carbocycles. The molecule has 1 aliphatic rings. The van der Waals surface area contributed by atoms with Gasteiger partial charge < -0.3 is 14.6 Å². The summed E-state index contributed by atoms with van der Waals surface area (Å²) in [5, 5.41) is 4.36. The number of anilines is 1. The van der Waals surface area contributed by atoms with E-state index in [1.807, 2.05) is 44.2 Å². The summed E-state index contributed by atoms with van der Waals surface area (Å²) in [5.41, 5.74) is 5.63. The fraction of sp³-hybridized carbons (Fsp3) is 0.222. The highest BCUT2D eigenvalue weighted by Gasteiger charge is 2.53. The third-order valence-corrected chi connectivity index (χ3v) is 6.47. The molecule has 2 aromatic carbocycles. The fourth-order valence-corrected chi connectivity index (χ4v) is 5.23. The van der Waals surface area contributed by atoms with Gasteiger partial charge in [-0.2, -0.15) is 0 Å². The summed E-state index contributed by atoms with van der Waals surface area (Å²) in [5.74, 6) is -0.378. The van der Waals surface area contributed by atoms with E-state index < -0.39 is 5.60 Å². The van der Waals surface area contributed by atoms with Gasteiger partial charge in [0.1, 0.15) is 5.69 Å². The van der Waals surface area contributed by atoms with E-state index in [2.05, 4.69) is 35.9 Å². The van der Waals surface area contributed by atoms with Crippen molar-refractivity contribution in [2.75, 3.05) is 5.32 Å². The maximum absolute atomic E-state index is 13.2. The van der Waals surface area contributed by atoms with Crippen molar-refractivity contribution in [2.24, 2.45) is 0 Å². The van der Waals surface area contributed by atoms with Crippen molar-refractivity contribution in [3.63, 3.8) is 0 Å². The second-order valence-corrected chi connectivity index (χ2v) is 9.03. The zero-order valence-electron chi connectivity index (χ0n) is 19.1. The average Bonchev–Trinajstić information content (AvgIpc) is 3.24. The first-order valence-corrected chi connectivity index (χ1v) is 11.4. The number of carbonyl (C=O) groups excluding carboxylic acids is 1. The molecule has 1 unspecified atom stereocenters. The number of thiocarbonyl (C=S) groups is 1. The van der Waals surface area contributed by atoms with Crippen LogP contribution in [-0.2, 0) is 16.9 Å². The number of ether oxygens (including phenoxy) is 1. The van der Waals surface area contributed by atoms with Crippen molar-refractivity contribution in [2.45, 2.75) is 39.8 Å². The molecule has 1 N–H and O–H groups in total. The van der Waals surface area contributed by atoms with Gasteiger partial charge in [0.2, 0.25) is 5.60 Å². The molecule has 1 aliphatic heterocycles. The number of para-hydroxylation sites is 1. The minimum absolute atomic E-state index is 0.378. The topological polar surface area (TPSA) is 56.2 Å². The number of nitrogens with zero attached hydrogens (tertiary/aromatic N) is 2. The quantitative estimate of drug-likeness (QED) is 0.307. The van der Waals surface area contributed by atoms with Crippen LogP contribution in [-0.4, -0.2) is 20.5 Å². The summed E-state index contributed by atoms with van der Waals surface area (Å²) in [6.07, 6.45) is 1.72. The Morgan fingerprint density at radius 1 is 1.15 bits per heavy atom. The number of nitrogens with one attached hydrogen (secondary N) is 1. The number of rotatable bonds is 4. The molecule has 3 heterocycles. The Bertz CT molecular complexity index is 1440. The maximum Gasteiger partial charge on any atom is 0.341 e. The third kappa shape index (κ3) is 3.09. The molecule has 166 valence electrons. The number of pyridine rings is 1. The first kappa shape index (κ1) is 21.3. The van der Waals surface area contributed by atoms with E-state index in [1.54, 1.807) is 18.3 Å². The highest BCUT2D eigenvalue weighted by molar-refractivity contribution is 7.80. The summed E-state index contributed by atoms with van der Waals surface area (Å²) in [4.78, 5) is 18.6. The Morgan fingerprint density at radius 3 is 2.70 bits per heavy atom. The summed E-state index contributed by atoms with van der Waals surface area (Å²) in [6.45, 7) is 8.87. The highest BCUT2D eigenvalue weighted by Crippen LogP contribution is 2.52. The van der Waals surface area contributed by atoms with E-state index in [4.69, 9.17) is 21.9 Å². The van der Waals surface area contributed by atoms with E-state index in [1.165, 1.54) is 0 Å². The molecule has 4 aromatic rings. The molecule has 1 atom stereocenters. The predicted octanol–water partition coefficient (Wildman–Crippen LogP) is 5.89. The van der Waals surface area contributed by atoms with E-state index in [0.29, 0.717) is 16.2 Å². The Kier molecular flexibility index (Phi) is 5.05. The predicted molar refractivity (Wildman–Crippen MR) is 135 cm³/mol. The minimum atomic E-state index is -1.21. The zero-order chi connectivity index (χ0) is 23.3. The van der Waals surface area contributed by atoms with Gasteiger partial charge in [0.15, 0.2) is 0 Å². The lowest BCUT2D eigenvalue weighted by molar-refractivity contribution is 0.0247. The molecular weight excluding hydrogens is 430 g/mol. The second-order valence-electron chi connectivity index (χ2n) is 8.42. The van der Waals surface area contributed by atoms with Gasteiger partial charge in [0.05, 0.1) is 10.6 Å². The van der Waals surface area contributed by atoms with Crippen LogP contribution in [0.1, 0.15) is 52.3 Å². The lowest BCUT2D eigenvalue weighted by Gasteiger charge is -2.32. The molecule has 33 heavy (non-hydrogen) atoms. The van der Waals surface area contributed by atoms with E-state index >= 15 is 0 Å². The van der Waals surface area contributed by atoms with Crippen LogP contribution in [0.4, 0.5) is 5.69 Å². The van der Waals surface area contributed by atoms with Gasteiger partial charge in [-0.25, -0.2) is 4.79 Å². The lowest BCUT2D eigenvalue weighted by atomic mass is 9.80. The second kappa shape index (κ2) is 7.81. The van der Waals surface area contributed by atoms with Crippen molar-refractivity contribution in [1.29, 1.82) is 0 Å². The SMILES string of the molecule is CCn1c(C)c(C2(c3ccc(C)cc3NC(C)=S)OC(=O)c3cccnc32)c2ccccc21. The molecule has 0 saturated heterocycles. The summed E-state index contributed by atoms with van der Waals surface area (Å²) >= 11 is 5.40. The Balaban J connectivity index is 1.96. The third-order valence-electron chi connectivity index (χ3n) is 6.37. The molecule has 5 nitrogen and oxygen atoms in total. The Morgan fingerprint density at radius 2 is 1.94 bits per heavy atom. The monoisotopic (exact) mass is 455 g/mol. The lowest BCUT2D eigenvalue weighted by Crippen LogP contribution is -2.32. The zero-order valence-corrected chi connectivity index (χ0v) is 19.9. The molecule has 2 aromatic heterocycles. The molecule has 0 radical (unpaired) electrons. The van der Waals surface area contributed by atoms with Crippen LogP contribution in [0.25, 0.3) is 10.9 Å². The van der Waals surface area contributed by atoms with Crippen molar-refractivity contribution in [3.8, 4) is 0 Å². The molecule has 6 heteroatoms. The molecule has 0 spiro atoms. The largest absolute Gasteiger partial charge is 0.439 e. The average molecular weight is 456 g/mol. The first-order chi connectivity index (χ1) is 15.9. The number of benzene rings is 2. The Labute approximate surface area is 198 Å². The normalized spacial score (nSPS) is 17.2. The molecular formula is C27H25N3O2S. The van der Waals surface area contributed by atoms with Crippen LogP contribution >= 0.6 is 12.2 Å². The number of esters is 1. The summed E-state index contributed by atoms with van der Waals surface area (Å²) < 4.78 is 8.66. The van der Waals surface area contributed by atoms with Crippen molar-refractivity contribution >= 4 is 39.8 Å². The molecule has 0 amide bonds. The van der Waals surface area contributed by atoms with Crippen LogP contribution in [0.2, 0.25) is 0 Å². The van der Waals surface area contributed by atoms with E-state index in [-0.39, 0.29) is 5.97 Å². The number of fused-ring (bicyclic) bond motifs is 2. The number of aromatic nitrogens is 2. The van der Waals surface area contributed by atoms with Gasteiger partial charge >= 0.3 is 5.97 Å². The van der Waals surface area contributed by atoms with Crippen molar-refractivity contribution in [3.05, 3.63) is 94.4 Å². The summed E-state index contributed by atoms with van der Waals surface area (Å²) in [7, 11) is 0. The molecule has 0 saturated carbocycles. The number of aryl methyl sites for hydroxylation is 2. The molecule has 5 rings (SSSR count). The standard InChI is InChI=1S/C27H25N3O2S/c1-5-30-17(3)24(19-9-6-7-11-23(19)30)27(25-20(26(31)32-27)10-8-14-28-25)21-13-12-16(2)15-22(21)29-18(4)33/h6-15H,5H2,1-4H3,(H,29,33). The fourth-order valence-electron chi connectivity index (χ4n) is 5.12. The number of hydrogen-bond donors (Lipinski definition) is 1. The molecule has 0 fully saturated rings. The minimum Gasteiger partial charge on any atom is -0.439 e. The van der Waals surface area contributed by atoms with Gasteiger partial charge in [-0.1, -0.05) is 42.5 Å². The summed E-state index contributed by atoms with van der Waals surface area (Å²) in [6, 6.07) is 17.9. The number of cyclic esters (lactones) is 1. The van der Waals surface area contributed by atoms with Crippen LogP contribution < -0.4 is 5.32 Å². The van der Waals surface area contributed by atoms with Gasteiger partial charge in [0, 0.05) is 46.2 Å². The maximum atomic E-state index is 13.2. The first-order valence-electron chi connectivity index (χ1n) is 11.0. The van der Waals surface area contributed by atoms with Crippen LogP contribution in [0.15, 0.2) is 60.8 Å².